The molecule has 0 amide bonds. The summed E-state index contributed by atoms with van der Waals surface area (Å²) in [6.45, 7) is 4.96. The first-order chi connectivity index (χ1) is 14.6. The topological polar surface area (TPSA) is 18.5 Å². The molecule has 1 aliphatic carbocycles. The van der Waals surface area contributed by atoms with Crippen LogP contribution in [0.5, 0.6) is 0 Å². The quantitative estimate of drug-likeness (QED) is 0.522. The van der Waals surface area contributed by atoms with E-state index in [2.05, 4.69) is 31.2 Å². The molecule has 2 aromatic carbocycles. The van der Waals surface area contributed by atoms with Crippen LogP contribution in [-0.2, 0) is 15.9 Å². The minimum absolute atomic E-state index is 0.106. The van der Waals surface area contributed by atoms with E-state index >= 15 is 0 Å². The van der Waals surface area contributed by atoms with Gasteiger partial charge in [0.05, 0.1) is 13.2 Å². The highest BCUT2D eigenvalue weighted by molar-refractivity contribution is 5.30. The summed E-state index contributed by atoms with van der Waals surface area (Å²) in [6.07, 6.45) is 6.15. The summed E-state index contributed by atoms with van der Waals surface area (Å²) < 4.78 is 40.1. The molecule has 0 unspecified atom stereocenters. The minimum Gasteiger partial charge on any atom is -0.348 e. The zero-order chi connectivity index (χ0) is 21.1. The molecule has 2 aromatic rings. The molecule has 1 saturated heterocycles. The molecule has 162 valence electrons. The van der Waals surface area contributed by atoms with Crippen LogP contribution in [0.25, 0.3) is 0 Å². The highest BCUT2D eigenvalue weighted by Gasteiger charge is 2.29. The molecule has 4 heteroatoms. The van der Waals surface area contributed by atoms with Crippen molar-refractivity contribution in [1.82, 2.24) is 0 Å². The number of aryl methyl sites for hydroxylation is 1. The molecule has 0 radical (unpaired) electrons. The maximum Gasteiger partial charge on any atom is 0.186 e. The first-order valence-electron chi connectivity index (χ1n) is 11.4. The Morgan fingerprint density at radius 3 is 1.93 bits per heavy atom. The lowest BCUT2D eigenvalue weighted by atomic mass is 9.77. The second-order valence-corrected chi connectivity index (χ2v) is 8.78. The third-order valence-corrected chi connectivity index (χ3v) is 7.03. The van der Waals surface area contributed by atoms with Gasteiger partial charge in [0.2, 0.25) is 0 Å². The monoisotopic (exact) mass is 414 g/mol. The third-order valence-electron chi connectivity index (χ3n) is 7.03. The van der Waals surface area contributed by atoms with Crippen molar-refractivity contribution in [2.24, 2.45) is 5.92 Å². The third kappa shape index (κ3) is 4.45. The molecule has 0 atom stereocenters. The van der Waals surface area contributed by atoms with E-state index in [1.807, 2.05) is 0 Å². The Morgan fingerprint density at radius 1 is 0.767 bits per heavy atom. The fourth-order valence-corrected chi connectivity index (χ4v) is 4.88. The summed E-state index contributed by atoms with van der Waals surface area (Å²) in [4.78, 5) is 0. The van der Waals surface area contributed by atoms with Crippen LogP contribution in [0.1, 0.15) is 86.3 Å². The van der Waals surface area contributed by atoms with Crippen molar-refractivity contribution in [3.8, 4) is 0 Å². The Balaban J connectivity index is 1.36. The fourth-order valence-electron chi connectivity index (χ4n) is 4.88. The molecule has 2 fully saturated rings. The number of benzene rings is 2. The van der Waals surface area contributed by atoms with Gasteiger partial charge in [-0.2, -0.15) is 0 Å². The van der Waals surface area contributed by atoms with Gasteiger partial charge in [0, 0.05) is 11.5 Å². The lowest BCUT2D eigenvalue weighted by Gasteiger charge is -2.31. The Hall–Kier alpha value is -1.78. The molecule has 1 aliphatic heterocycles. The molecule has 2 nitrogen and oxygen atoms in total. The first-order valence-corrected chi connectivity index (χ1v) is 11.4. The Morgan fingerprint density at radius 2 is 1.37 bits per heavy atom. The van der Waals surface area contributed by atoms with Gasteiger partial charge in [-0.05, 0) is 60.6 Å². The summed E-state index contributed by atoms with van der Waals surface area (Å²) >= 11 is 0. The van der Waals surface area contributed by atoms with E-state index in [0.717, 1.165) is 5.92 Å². The van der Waals surface area contributed by atoms with E-state index in [1.54, 1.807) is 19.1 Å². The van der Waals surface area contributed by atoms with Gasteiger partial charge < -0.3 is 9.47 Å². The van der Waals surface area contributed by atoms with Crippen molar-refractivity contribution in [1.29, 1.82) is 0 Å². The minimum atomic E-state index is -0.861. The van der Waals surface area contributed by atoms with Crippen molar-refractivity contribution >= 4 is 0 Å². The van der Waals surface area contributed by atoms with Crippen LogP contribution in [0.3, 0.4) is 0 Å². The smallest absolute Gasteiger partial charge is 0.186 e. The van der Waals surface area contributed by atoms with Crippen molar-refractivity contribution < 1.29 is 18.3 Å². The zero-order valence-corrected chi connectivity index (χ0v) is 18.0. The van der Waals surface area contributed by atoms with Gasteiger partial charge >= 0.3 is 0 Å². The first kappa shape index (κ1) is 21.5. The Kier molecular flexibility index (Phi) is 6.84. The maximum atomic E-state index is 14.4. The molecular weight excluding hydrogens is 382 g/mol. The SMILES string of the molecule is CCc1ccc(C2OCC(c3ccc(C4CCC(CC)CC4)cc3)CO2)c(F)c1F. The van der Waals surface area contributed by atoms with Crippen LogP contribution in [0.15, 0.2) is 36.4 Å². The lowest BCUT2D eigenvalue weighted by Crippen LogP contribution is -2.26. The predicted molar refractivity (Wildman–Crippen MR) is 115 cm³/mol. The molecule has 0 spiro atoms. The van der Waals surface area contributed by atoms with Crippen molar-refractivity contribution in [2.45, 2.75) is 70.5 Å². The highest BCUT2D eigenvalue weighted by atomic mass is 19.2. The van der Waals surface area contributed by atoms with E-state index in [9.17, 15) is 8.78 Å². The van der Waals surface area contributed by atoms with Crippen LogP contribution in [-0.4, -0.2) is 13.2 Å². The highest BCUT2D eigenvalue weighted by Crippen LogP contribution is 2.38. The summed E-state index contributed by atoms with van der Waals surface area (Å²) in [5, 5.41) is 0. The molecule has 30 heavy (non-hydrogen) atoms. The van der Waals surface area contributed by atoms with E-state index < -0.39 is 17.9 Å². The predicted octanol–water partition coefficient (Wildman–Crippen LogP) is 7.04. The summed E-state index contributed by atoms with van der Waals surface area (Å²) in [5.74, 6) is 0.0253. The number of rotatable bonds is 5. The van der Waals surface area contributed by atoms with Gasteiger partial charge in [-0.1, -0.05) is 56.7 Å². The number of ether oxygens (including phenoxy) is 2. The molecule has 0 N–H and O–H groups in total. The van der Waals surface area contributed by atoms with E-state index in [4.69, 9.17) is 9.47 Å². The maximum absolute atomic E-state index is 14.4. The normalized spacial score (nSPS) is 27.2. The number of halogens is 2. The fraction of sp³-hybridized carbons (Fsp3) is 0.538. The molecular formula is C26H32F2O2. The van der Waals surface area contributed by atoms with Crippen molar-refractivity contribution in [3.05, 3.63) is 70.3 Å². The Bertz CT molecular complexity index is 833. The van der Waals surface area contributed by atoms with Crippen LogP contribution in [0.2, 0.25) is 0 Å². The second kappa shape index (κ2) is 9.57. The molecule has 2 aliphatic rings. The average molecular weight is 415 g/mol. The van der Waals surface area contributed by atoms with Crippen LogP contribution in [0.4, 0.5) is 8.78 Å². The number of hydrogen-bond donors (Lipinski definition) is 0. The summed E-state index contributed by atoms with van der Waals surface area (Å²) in [5.41, 5.74) is 3.11. The van der Waals surface area contributed by atoms with Crippen molar-refractivity contribution in [3.63, 3.8) is 0 Å². The van der Waals surface area contributed by atoms with Gasteiger partial charge in [0.25, 0.3) is 0 Å². The summed E-state index contributed by atoms with van der Waals surface area (Å²) in [6, 6.07) is 12.0. The van der Waals surface area contributed by atoms with Crippen LogP contribution >= 0.6 is 0 Å². The van der Waals surface area contributed by atoms with Gasteiger partial charge in [0.1, 0.15) is 0 Å². The Labute approximate surface area is 178 Å². The van der Waals surface area contributed by atoms with Crippen molar-refractivity contribution in [2.75, 3.05) is 13.2 Å². The van der Waals surface area contributed by atoms with E-state index in [-0.39, 0.29) is 11.5 Å². The second-order valence-electron chi connectivity index (χ2n) is 8.78. The number of hydrogen-bond acceptors (Lipinski definition) is 2. The van der Waals surface area contributed by atoms with Gasteiger partial charge in [-0.3, -0.25) is 0 Å². The largest absolute Gasteiger partial charge is 0.348 e. The lowest BCUT2D eigenvalue weighted by molar-refractivity contribution is -0.193. The zero-order valence-electron chi connectivity index (χ0n) is 18.0. The van der Waals surface area contributed by atoms with Crippen LogP contribution in [0, 0.1) is 17.6 Å². The summed E-state index contributed by atoms with van der Waals surface area (Å²) in [7, 11) is 0. The van der Waals surface area contributed by atoms with Gasteiger partial charge in [-0.25, -0.2) is 8.78 Å². The standard InChI is InChI=1S/C26H32F2O2/c1-3-17-5-7-19(8-6-17)20-9-11-21(12-10-20)22-15-29-26(30-16-22)23-14-13-18(4-2)24(27)25(23)28/h9-14,17,19,22,26H,3-8,15-16H2,1-2H3. The van der Waals surface area contributed by atoms with E-state index in [1.165, 1.54) is 43.2 Å². The molecule has 0 bridgehead atoms. The van der Waals surface area contributed by atoms with Gasteiger partial charge in [-0.15, -0.1) is 0 Å². The van der Waals surface area contributed by atoms with E-state index in [0.29, 0.717) is 31.1 Å². The molecule has 0 aromatic heterocycles. The molecule has 1 heterocycles. The molecule has 4 rings (SSSR count). The molecule has 1 saturated carbocycles. The average Bonchev–Trinajstić information content (AvgIpc) is 2.81. The van der Waals surface area contributed by atoms with Gasteiger partial charge in [0.15, 0.2) is 17.9 Å². The van der Waals surface area contributed by atoms with Crippen LogP contribution < -0.4 is 0 Å².